The van der Waals surface area contributed by atoms with Crippen LogP contribution in [0.1, 0.15) is 11.3 Å². The molecule has 21 heavy (non-hydrogen) atoms. The van der Waals surface area contributed by atoms with Crippen molar-refractivity contribution in [3.8, 4) is 5.75 Å². The van der Waals surface area contributed by atoms with Gasteiger partial charge >= 0.3 is 0 Å². The summed E-state index contributed by atoms with van der Waals surface area (Å²) >= 11 is 1.74. The molecule has 0 aliphatic carbocycles. The molecule has 3 heterocycles. The Hall–Kier alpha value is -1.63. The Morgan fingerprint density at radius 2 is 1.90 bits per heavy atom. The average molecular weight is 305 g/mol. The number of piperazine rings is 1. The smallest absolute Gasteiger partial charge is 0.223 e. The average Bonchev–Trinajstić information content (AvgIpc) is 2.98. The zero-order chi connectivity index (χ0) is 14.7. The third-order valence-corrected chi connectivity index (χ3v) is 4.53. The summed E-state index contributed by atoms with van der Waals surface area (Å²) in [4.78, 5) is 19.2. The fraction of sp³-hybridized carbons (Fsp3) is 0.400. The molecule has 0 saturated carbocycles. The predicted molar refractivity (Wildman–Crippen MR) is 83.6 cm³/mol. The van der Waals surface area contributed by atoms with E-state index in [4.69, 9.17) is 0 Å². The molecule has 1 aliphatic heterocycles. The van der Waals surface area contributed by atoms with Gasteiger partial charge in [-0.3, -0.25) is 14.6 Å². The third-order valence-electron chi connectivity index (χ3n) is 3.80. The van der Waals surface area contributed by atoms with Crippen LogP contribution < -0.4 is 5.43 Å². The number of hydrogen-bond donors (Lipinski definition) is 2. The topological polar surface area (TPSA) is 59.6 Å². The fourth-order valence-electron chi connectivity index (χ4n) is 2.58. The minimum absolute atomic E-state index is 0.223. The number of aromatic hydroxyl groups is 1. The quantitative estimate of drug-likeness (QED) is 0.898. The van der Waals surface area contributed by atoms with Gasteiger partial charge in [-0.25, -0.2) is 0 Å². The SMILES string of the molecule is O=c1cc(CN2CCN(Cc3ccsc3)CC2)[nH]cc1O. The number of aromatic nitrogens is 1. The summed E-state index contributed by atoms with van der Waals surface area (Å²) in [6, 6.07) is 3.66. The van der Waals surface area contributed by atoms with Crippen molar-refractivity contribution in [2.75, 3.05) is 26.2 Å². The van der Waals surface area contributed by atoms with Crippen LogP contribution in [0.25, 0.3) is 0 Å². The van der Waals surface area contributed by atoms with Crippen molar-refractivity contribution >= 4 is 11.3 Å². The van der Waals surface area contributed by atoms with Crippen LogP contribution in [0, 0.1) is 0 Å². The first-order valence-electron chi connectivity index (χ1n) is 7.07. The van der Waals surface area contributed by atoms with Gasteiger partial charge in [-0.15, -0.1) is 0 Å². The number of aromatic amines is 1. The zero-order valence-electron chi connectivity index (χ0n) is 11.8. The highest BCUT2D eigenvalue weighted by atomic mass is 32.1. The van der Waals surface area contributed by atoms with Gasteiger partial charge in [-0.1, -0.05) is 0 Å². The Balaban J connectivity index is 1.51. The zero-order valence-corrected chi connectivity index (χ0v) is 12.6. The van der Waals surface area contributed by atoms with Crippen LogP contribution in [0.2, 0.25) is 0 Å². The largest absolute Gasteiger partial charge is 0.503 e. The molecule has 0 bridgehead atoms. The van der Waals surface area contributed by atoms with E-state index in [2.05, 4.69) is 31.6 Å². The summed E-state index contributed by atoms with van der Waals surface area (Å²) in [5.74, 6) is -0.223. The number of nitrogens with zero attached hydrogens (tertiary/aromatic N) is 2. The van der Waals surface area contributed by atoms with Crippen LogP contribution in [-0.4, -0.2) is 46.1 Å². The van der Waals surface area contributed by atoms with Gasteiger partial charge < -0.3 is 10.1 Å². The fourth-order valence-corrected chi connectivity index (χ4v) is 3.24. The molecule has 0 atom stereocenters. The number of rotatable bonds is 4. The molecule has 2 aromatic heterocycles. The highest BCUT2D eigenvalue weighted by Gasteiger charge is 2.17. The van der Waals surface area contributed by atoms with Gasteiger partial charge in [0.2, 0.25) is 5.43 Å². The lowest BCUT2D eigenvalue weighted by molar-refractivity contribution is 0.121. The maximum absolute atomic E-state index is 11.4. The van der Waals surface area contributed by atoms with E-state index in [-0.39, 0.29) is 11.2 Å². The van der Waals surface area contributed by atoms with E-state index >= 15 is 0 Å². The first-order valence-corrected chi connectivity index (χ1v) is 8.01. The summed E-state index contributed by atoms with van der Waals surface area (Å²) in [6.07, 6.45) is 1.37. The molecule has 6 heteroatoms. The molecule has 5 nitrogen and oxygen atoms in total. The molecule has 0 spiro atoms. The molecule has 0 amide bonds. The van der Waals surface area contributed by atoms with Gasteiger partial charge in [-0.05, 0) is 22.4 Å². The lowest BCUT2D eigenvalue weighted by atomic mass is 10.2. The number of thiophene rings is 1. The molecule has 112 valence electrons. The Bertz CT molecular complexity index is 631. The maximum Gasteiger partial charge on any atom is 0.223 e. The summed E-state index contributed by atoms with van der Waals surface area (Å²) < 4.78 is 0. The molecule has 0 radical (unpaired) electrons. The molecular formula is C15H19N3O2S. The van der Waals surface area contributed by atoms with Crippen molar-refractivity contribution in [3.63, 3.8) is 0 Å². The molecule has 0 unspecified atom stereocenters. The Morgan fingerprint density at radius 1 is 1.19 bits per heavy atom. The van der Waals surface area contributed by atoms with Gasteiger partial charge in [0.25, 0.3) is 0 Å². The first kappa shape index (κ1) is 14.3. The van der Waals surface area contributed by atoms with E-state index < -0.39 is 0 Å². The minimum Gasteiger partial charge on any atom is -0.503 e. The van der Waals surface area contributed by atoms with E-state index in [1.165, 1.54) is 17.8 Å². The second kappa shape index (κ2) is 6.43. The number of pyridine rings is 1. The van der Waals surface area contributed by atoms with E-state index in [0.717, 1.165) is 45.0 Å². The van der Waals surface area contributed by atoms with E-state index in [1.807, 2.05) is 0 Å². The van der Waals surface area contributed by atoms with E-state index in [0.29, 0.717) is 0 Å². The second-order valence-corrected chi connectivity index (χ2v) is 6.17. The minimum atomic E-state index is -0.320. The summed E-state index contributed by atoms with van der Waals surface area (Å²) in [5, 5.41) is 13.6. The Labute approximate surface area is 127 Å². The molecule has 1 aliphatic rings. The van der Waals surface area contributed by atoms with Crippen LogP contribution >= 0.6 is 11.3 Å². The van der Waals surface area contributed by atoms with Crippen molar-refractivity contribution in [2.45, 2.75) is 13.1 Å². The van der Waals surface area contributed by atoms with Gasteiger partial charge in [0.15, 0.2) is 5.75 Å². The third kappa shape index (κ3) is 3.72. The van der Waals surface area contributed by atoms with Crippen LogP contribution in [0.3, 0.4) is 0 Å². The molecule has 2 aromatic rings. The summed E-state index contributed by atoms with van der Waals surface area (Å²) in [5.41, 5.74) is 1.92. The summed E-state index contributed by atoms with van der Waals surface area (Å²) in [6.45, 7) is 5.81. The van der Waals surface area contributed by atoms with Gasteiger partial charge in [-0.2, -0.15) is 11.3 Å². The monoisotopic (exact) mass is 305 g/mol. The number of nitrogens with one attached hydrogen (secondary N) is 1. The van der Waals surface area contributed by atoms with Crippen LogP contribution in [0.15, 0.2) is 33.9 Å². The predicted octanol–water partition coefficient (Wildman–Crippen LogP) is 1.46. The van der Waals surface area contributed by atoms with Crippen LogP contribution in [0.5, 0.6) is 5.75 Å². The molecule has 2 N–H and O–H groups in total. The van der Waals surface area contributed by atoms with E-state index in [1.54, 1.807) is 11.3 Å². The van der Waals surface area contributed by atoms with Gasteiger partial charge in [0.05, 0.1) is 0 Å². The van der Waals surface area contributed by atoms with Crippen LogP contribution in [0.4, 0.5) is 0 Å². The first-order chi connectivity index (χ1) is 10.2. The maximum atomic E-state index is 11.4. The number of hydrogen-bond acceptors (Lipinski definition) is 5. The molecule has 1 fully saturated rings. The summed E-state index contributed by atoms with van der Waals surface area (Å²) in [7, 11) is 0. The molecule has 1 saturated heterocycles. The standard InChI is InChI=1S/C15H19N3O2S/c19-14-7-13(16-8-15(14)20)10-18-4-2-17(3-5-18)9-12-1-6-21-11-12/h1,6-8,11,20H,2-5,9-10H2,(H,16,19). The van der Waals surface area contributed by atoms with Gasteiger partial charge in [0, 0.05) is 57.2 Å². The van der Waals surface area contributed by atoms with Crippen molar-refractivity contribution in [2.24, 2.45) is 0 Å². The van der Waals surface area contributed by atoms with E-state index in [9.17, 15) is 9.90 Å². The van der Waals surface area contributed by atoms with Crippen molar-refractivity contribution in [3.05, 3.63) is 50.6 Å². The van der Waals surface area contributed by atoms with Crippen molar-refractivity contribution < 1.29 is 5.11 Å². The molecule has 0 aromatic carbocycles. The Morgan fingerprint density at radius 3 is 2.52 bits per heavy atom. The van der Waals surface area contributed by atoms with Gasteiger partial charge in [0.1, 0.15) is 0 Å². The van der Waals surface area contributed by atoms with Crippen molar-refractivity contribution in [1.29, 1.82) is 0 Å². The highest BCUT2D eigenvalue weighted by molar-refractivity contribution is 7.07. The lowest BCUT2D eigenvalue weighted by Crippen LogP contribution is -2.45. The number of H-pyrrole nitrogens is 1. The second-order valence-electron chi connectivity index (χ2n) is 5.39. The molecular weight excluding hydrogens is 286 g/mol. The molecule has 3 rings (SSSR count). The highest BCUT2D eigenvalue weighted by Crippen LogP contribution is 2.12. The lowest BCUT2D eigenvalue weighted by Gasteiger charge is -2.34. The van der Waals surface area contributed by atoms with Crippen molar-refractivity contribution in [1.82, 2.24) is 14.8 Å². The normalized spacial score (nSPS) is 17.1. The van der Waals surface area contributed by atoms with Crippen LogP contribution in [-0.2, 0) is 13.1 Å². The Kier molecular flexibility index (Phi) is 4.38.